The highest BCUT2D eigenvalue weighted by molar-refractivity contribution is 6.01. The van der Waals surface area contributed by atoms with Gasteiger partial charge in [-0.25, -0.2) is 4.98 Å². The van der Waals surface area contributed by atoms with Crippen molar-refractivity contribution in [3.8, 4) is 11.3 Å². The van der Waals surface area contributed by atoms with E-state index in [4.69, 9.17) is 0 Å². The molecule has 104 valence electrons. The molecule has 2 heterocycles. The van der Waals surface area contributed by atoms with Gasteiger partial charge in [-0.1, -0.05) is 30.3 Å². The molecular weight excluding hydrogens is 268 g/mol. The minimum Gasteiger partial charge on any atom is -0.357 e. The molecule has 0 unspecified atom stereocenters. The summed E-state index contributed by atoms with van der Waals surface area (Å²) in [5, 5.41) is 2.60. The van der Waals surface area contributed by atoms with Crippen LogP contribution in [-0.2, 0) is 0 Å². The third kappa shape index (κ3) is 2.89. The number of nitrogens with zero attached hydrogens (tertiary/aromatic N) is 1. The van der Waals surface area contributed by atoms with Gasteiger partial charge in [0.2, 0.25) is 5.95 Å². The predicted octanol–water partition coefficient (Wildman–Crippen LogP) is 2.02. The fourth-order valence-corrected chi connectivity index (χ4v) is 1.90. The van der Waals surface area contributed by atoms with E-state index in [1.807, 2.05) is 30.3 Å². The Balaban J connectivity index is 1.79. The van der Waals surface area contributed by atoms with Gasteiger partial charge < -0.3 is 9.97 Å². The number of carbonyl (C=O) groups excluding carboxylic acids is 1. The number of aromatic amines is 2. The summed E-state index contributed by atoms with van der Waals surface area (Å²) in [4.78, 5) is 33.0. The van der Waals surface area contributed by atoms with Gasteiger partial charge >= 0.3 is 0 Å². The molecule has 3 rings (SSSR count). The zero-order valence-electron chi connectivity index (χ0n) is 11.0. The average Bonchev–Trinajstić information content (AvgIpc) is 2.97. The molecule has 1 aromatic carbocycles. The number of nitrogens with one attached hydrogen (secondary N) is 3. The Bertz CT molecular complexity index is 821. The molecule has 0 saturated carbocycles. The summed E-state index contributed by atoms with van der Waals surface area (Å²) >= 11 is 0. The topological polar surface area (TPSA) is 90.6 Å². The Morgan fingerprint density at radius 1 is 1.14 bits per heavy atom. The first-order valence-electron chi connectivity index (χ1n) is 6.33. The van der Waals surface area contributed by atoms with E-state index in [9.17, 15) is 9.59 Å². The summed E-state index contributed by atoms with van der Waals surface area (Å²) in [6.07, 6.45) is 3.06. The molecule has 3 N–H and O–H groups in total. The molecule has 0 atom stereocenters. The van der Waals surface area contributed by atoms with Crippen molar-refractivity contribution in [1.82, 2.24) is 15.0 Å². The van der Waals surface area contributed by atoms with Crippen LogP contribution in [0.5, 0.6) is 0 Å². The van der Waals surface area contributed by atoms with Crippen LogP contribution >= 0.6 is 0 Å². The zero-order valence-corrected chi connectivity index (χ0v) is 11.0. The summed E-state index contributed by atoms with van der Waals surface area (Å²) < 4.78 is 0. The molecule has 2 aromatic heterocycles. The second-order valence-corrected chi connectivity index (χ2v) is 4.40. The Kier molecular flexibility index (Phi) is 3.34. The van der Waals surface area contributed by atoms with E-state index in [0.29, 0.717) is 5.95 Å². The summed E-state index contributed by atoms with van der Waals surface area (Å²) in [6.45, 7) is 0. The number of pyridine rings is 1. The number of benzene rings is 1. The number of hydrogen-bond acceptors (Lipinski definition) is 3. The molecule has 0 radical (unpaired) electrons. The lowest BCUT2D eigenvalue weighted by Gasteiger charge is -2.01. The van der Waals surface area contributed by atoms with Gasteiger partial charge in [-0.2, -0.15) is 0 Å². The number of hydrogen-bond donors (Lipinski definition) is 3. The van der Waals surface area contributed by atoms with E-state index in [-0.39, 0.29) is 11.1 Å². The minimum absolute atomic E-state index is 0.181. The highest BCUT2D eigenvalue weighted by Crippen LogP contribution is 2.17. The highest BCUT2D eigenvalue weighted by Gasteiger charge is 2.09. The standard InChI is InChI=1S/C15H12N4O2/c20-11-6-7-16-12(8-11)14(21)19-15-17-9-13(18-15)10-4-2-1-3-5-10/h1-9H,(H,16,20)(H2,17,18,19,21). The molecule has 0 aliphatic heterocycles. The molecule has 0 bridgehead atoms. The van der Waals surface area contributed by atoms with Gasteiger partial charge in [-0.15, -0.1) is 0 Å². The lowest BCUT2D eigenvalue weighted by Crippen LogP contribution is -2.16. The second-order valence-electron chi connectivity index (χ2n) is 4.40. The maximum Gasteiger partial charge on any atom is 0.274 e. The van der Waals surface area contributed by atoms with Gasteiger partial charge in [0.1, 0.15) is 5.69 Å². The molecule has 0 aliphatic rings. The fourth-order valence-electron chi connectivity index (χ4n) is 1.90. The van der Waals surface area contributed by atoms with Gasteiger partial charge in [0.15, 0.2) is 5.43 Å². The zero-order chi connectivity index (χ0) is 14.7. The van der Waals surface area contributed by atoms with Crippen molar-refractivity contribution in [3.63, 3.8) is 0 Å². The van der Waals surface area contributed by atoms with Crippen LogP contribution in [0.15, 0.2) is 59.7 Å². The summed E-state index contributed by atoms with van der Waals surface area (Å²) in [5.74, 6) is -0.106. The first-order chi connectivity index (χ1) is 10.2. The number of rotatable bonds is 3. The van der Waals surface area contributed by atoms with Crippen LogP contribution in [0, 0.1) is 0 Å². The molecule has 6 nitrogen and oxygen atoms in total. The van der Waals surface area contributed by atoms with Gasteiger partial charge in [-0.3, -0.25) is 14.9 Å². The number of H-pyrrole nitrogens is 2. The monoisotopic (exact) mass is 280 g/mol. The van der Waals surface area contributed by atoms with Gasteiger partial charge in [-0.05, 0) is 5.56 Å². The van der Waals surface area contributed by atoms with Gasteiger partial charge in [0, 0.05) is 18.3 Å². The normalized spacial score (nSPS) is 10.3. The maximum atomic E-state index is 12.0. The van der Waals surface area contributed by atoms with E-state index >= 15 is 0 Å². The van der Waals surface area contributed by atoms with Crippen LogP contribution < -0.4 is 10.7 Å². The Labute approximate surface area is 119 Å². The van der Waals surface area contributed by atoms with Crippen LogP contribution in [0.4, 0.5) is 5.95 Å². The summed E-state index contributed by atoms with van der Waals surface area (Å²) in [7, 11) is 0. The third-order valence-electron chi connectivity index (χ3n) is 2.91. The smallest absolute Gasteiger partial charge is 0.274 e. The van der Waals surface area contributed by atoms with Crippen molar-refractivity contribution in [3.05, 3.63) is 70.8 Å². The minimum atomic E-state index is -0.429. The van der Waals surface area contributed by atoms with Gasteiger partial charge in [0.25, 0.3) is 5.91 Å². The van der Waals surface area contributed by atoms with Crippen molar-refractivity contribution in [2.24, 2.45) is 0 Å². The van der Waals surface area contributed by atoms with Crippen molar-refractivity contribution < 1.29 is 4.79 Å². The molecule has 6 heteroatoms. The molecule has 1 amide bonds. The van der Waals surface area contributed by atoms with Crippen molar-refractivity contribution in [2.45, 2.75) is 0 Å². The molecule has 0 spiro atoms. The molecule has 3 aromatic rings. The fraction of sp³-hybridized carbons (Fsp3) is 0. The van der Waals surface area contributed by atoms with Crippen LogP contribution in [0.2, 0.25) is 0 Å². The van der Waals surface area contributed by atoms with E-state index < -0.39 is 5.91 Å². The summed E-state index contributed by atoms with van der Waals surface area (Å²) in [6, 6.07) is 12.2. The molecular formula is C15H12N4O2. The number of aromatic nitrogens is 3. The Morgan fingerprint density at radius 2 is 1.95 bits per heavy atom. The Hall–Kier alpha value is -3.15. The van der Waals surface area contributed by atoms with Gasteiger partial charge in [0.05, 0.1) is 11.9 Å². The number of carbonyl (C=O) groups is 1. The third-order valence-corrected chi connectivity index (χ3v) is 2.91. The SMILES string of the molecule is O=C(Nc1ncc(-c2ccccc2)[nH]1)c1cc(=O)cc[nH]1. The quantitative estimate of drug-likeness (QED) is 0.685. The van der Waals surface area contributed by atoms with E-state index in [0.717, 1.165) is 11.3 Å². The van der Waals surface area contributed by atoms with E-state index in [1.165, 1.54) is 18.3 Å². The highest BCUT2D eigenvalue weighted by atomic mass is 16.2. The lowest BCUT2D eigenvalue weighted by atomic mass is 10.2. The van der Waals surface area contributed by atoms with Crippen LogP contribution in [-0.4, -0.2) is 20.9 Å². The van der Waals surface area contributed by atoms with Crippen LogP contribution in [0.1, 0.15) is 10.5 Å². The summed E-state index contributed by atoms with van der Waals surface area (Å²) in [5.41, 5.74) is 1.72. The maximum absolute atomic E-state index is 12.0. The second kappa shape index (κ2) is 5.46. The van der Waals surface area contributed by atoms with Crippen molar-refractivity contribution >= 4 is 11.9 Å². The average molecular weight is 280 g/mol. The number of imidazole rings is 1. The molecule has 0 fully saturated rings. The Morgan fingerprint density at radius 3 is 2.71 bits per heavy atom. The lowest BCUT2D eigenvalue weighted by molar-refractivity contribution is 0.102. The number of anilines is 1. The van der Waals surface area contributed by atoms with Crippen molar-refractivity contribution in [1.29, 1.82) is 0 Å². The number of amides is 1. The predicted molar refractivity (Wildman–Crippen MR) is 79.0 cm³/mol. The van der Waals surface area contributed by atoms with E-state index in [2.05, 4.69) is 20.3 Å². The van der Waals surface area contributed by atoms with Crippen LogP contribution in [0.25, 0.3) is 11.3 Å². The van der Waals surface area contributed by atoms with Crippen LogP contribution in [0.3, 0.4) is 0 Å². The molecule has 0 aliphatic carbocycles. The van der Waals surface area contributed by atoms with Crippen molar-refractivity contribution in [2.75, 3.05) is 5.32 Å². The first kappa shape index (κ1) is 12.9. The van der Waals surface area contributed by atoms with E-state index in [1.54, 1.807) is 6.20 Å². The molecule has 0 saturated heterocycles. The largest absolute Gasteiger partial charge is 0.357 e. The molecule has 21 heavy (non-hydrogen) atoms. The first-order valence-corrected chi connectivity index (χ1v) is 6.33.